The fourth-order valence-corrected chi connectivity index (χ4v) is 1.34. The van der Waals surface area contributed by atoms with Crippen molar-refractivity contribution >= 4 is 31.9 Å². The van der Waals surface area contributed by atoms with Crippen LogP contribution < -0.4 is 0 Å². The zero-order valence-corrected chi connectivity index (χ0v) is 9.20. The Hall–Kier alpha value is 0.960. The van der Waals surface area contributed by atoms with Crippen LogP contribution in [0.15, 0.2) is 0 Å². The molecule has 9 heavy (non-hydrogen) atoms. The van der Waals surface area contributed by atoms with Gasteiger partial charge in [-0.3, -0.25) is 0 Å². The van der Waals surface area contributed by atoms with Gasteiger partial charge in [-0.25, -0.2) is 0 Å². The average molecular weight is 258 g/mol. The van der Waals surface area contributed by atoms with Crippen molar-refractivity contribution in [2.75, 3.05) is 10.7 Å². The van der Waals surface area contributed by atoms with Crippen LogP contribution in [0, 0.1) is 11.8 Å². The van der Waals surface area contributed by atoms with Gasteiger partial charge in [0, 0.05) is 10.7 Å². The molecule has 0 aromatic heterocycles. The Labute approximate surface area is 74.7 Å². The highest BCUT2D eigenvalue weighted by Crippen LogP contribution is 2.14. The Kier molecular flexibility index (Phi) is 6.33. The second kappa shape index (κ2) is 5.72. The molecule has 0 fully saturated rings. The van der Waals surface area contributed by atoms with Gasteiger partial charge in [0.25, 0.3) is 0 Å². The van der Waals surface area contributed by atoms with Gasteiger partial charge in [0.2, 0.25) is 0 Å². The number of alkyl halides is 2. The molecule has 0 aromatic carbocycles. The molecule has 2 heteroatoms. The summed E-state index contributed by atoms with van der Waals surface area (Å²) in [6.07, 6.45) is 1.32. The van der Waals surface area contributed by atoms with E-state index in [9.17, 15) is 0 Å². The zero-order valence-electron chi connectivity index (χ0n) is 6.03. The lowest BCUT2D eigenvalue weighted by Crippen LogP contribution is -2.04. The molecule has 56 valence electrons. The molecule has 0 saturated carbocycles. The molecule has 0 nitrogen and oxygen atoms in total. The van der Waals surface area contributed by atoms with E-state index in [2.05, 4.69) is 45.7 Å². The SMILES string of the molecule is CC(CBr)CC(C)CBr. The third-order valence-electron chi connectivity index (χ3n) is 1.33. The number of hydrogen-bond donors (Lipinski definition) is 0. The van der Waals surface area contributed by atoms with Gasteiger partial charge < -0.3 is 0 Å². The van der Waals surface area contributed by atoms with E-state index in [1.165, 1.54) is 6.42 Å². The lowest BCUT2D eigenvalue weighted by Gasteiger charge is -2.11. The average Bonchev–Trinajstić information content (AvgIpc) is 1.87. The van der Waals surface area contributed by atoms with E-state index in [1.807, 2.05) is 0 Å². The zero-order chi connectivity index (χ0) is 7.28. The van der Waals surface area contributed by atoms with E-state index in [1.54, 1.807) is 0 Å². The minimum atomic E-state index is 0.817. The maximum Gasteiger partial charge on any atom is 0.00571 e. The van der Waals surface area contributed by atoms with Crippen molar-refractivity contribution in [2.24, 2.45) is 11.8 Å². The summed E-state index contributed by atoms with van der Waals surface area (Å²) in [5, 5.41) is 2.26. The minimum Gasteiger partial charge on any atom is -0.0925 e. The van der Waals surface area contributed by atoms with Gasteiger partial charge in [-0.15, -0.1) is 0 Å². The van der Waals surface area contributed by atoms with Gasteiger partial charge in [-0.05, 0) is 18.3 Å². The number of halogens is 2. The van der Waals surface area contributed by atoms with Gasteiger partial charge in [-0.1, -0.05) is 45.7 Å². The van der Waals surface area contributed by atoms with Crippen molar-refractivity contribution in [3.05, 3.63) is 0 Å². The second-order valence-electron chi connectivity index (χ2n) is 2.75. The third kappa shape index (κ3) is 5.41. The maximum atomic E-state index is 3.46. The smallest absolute Gasteiger partial charge is 0.00571 e. The molecule has 0 rings (SSSR count). The van der Waals surface area contributed by atoms with Crippen molar-refractivity contribution in [2.45, 2.75) is 20.3 Å². The molecular formula is C7H14Br2. The first-order valence-corrected chi connectivity index (χ1v) is 5.57. The van der Waals surface area contributed by atoms with E-state index >= 15 is 0 Å². The standard InChI is InChI=1S/C7H14Br2/c1-6(4-8)3-7(2)5-9/h6-7H,3-5H2,1-2H3. The van der Waals surface area contributed by atoms with Crippen LogP contribution >= 0.6 is 31.9 Å². The Morgan fingerprint density at radius 1 is 1.00 bits per heavy atom. The van der Waals surface area contributed by atoms with Crippen LogP contribution in [0.4, 0.5) is 0 Å². The van der Waals surface area contributed by atoms with Crippen molar-refractivity contribution in [3.8, 4) is 0 Å². The summed E-state index contributed by atoms with van der Waals surface area (Å²) in [4.78, 5) is 0. The van der Waals surface area contributed by atoms with E-state index in [0.29, 0.717) is 0 Å². The van der Waals surface area contributed by atoms with E-state index in [0.717, 1.165) is 22.5 Å². The number of hydrogen-bond acceptors (Lipinski definition) is 0. The molecule has 0 aliphatic heterocycles. The second-order valence-corrected chi connectivity index (χ2v) is 4.05. The predicted molar refractivity (Wildman–Crippen MR) is 50.5 cm³/mol. The molecule has 0 spiro atoms. The van der Waals surface area contributed by atoms with E-state index < -0.39 is 0 Å². The molecular weight excluding hydrogens is 244 g/mol. The highest BCUT2D eigenvalue weighted by Gasteiger charge is 2.04. The van der Waals surface area contributed by atoms with Crippen LogP contribution in [0.25, 0.3) is 0 Å². The van der Waals surface area contributed by atoms with Crippen molar-refractivity contribution < 1.29 is 0 Å². The maximum absolute atomic E-state index is 3.46. The summed E-state index contributed by atoms with van der Waals surface area (Å²) in [6.45, 7) is 4.54. The molecule has 2 unspecified atom stereocenters. The van der Waals surface area contributed by atoms with Gasteiger partial charge in [0.1, 0.15) is 0 Å². The summed E-state index contributed by atoms with van der Waals surface area (Å²) in [6, 6.07) is 0. The van der Waals surface area contributed by atoms with Crippen molar-refractivity contribution in [1.29, 1.82) is 0 Å². The van der Waals surface area contributed by atoms with Crippen LogP contribution in [-0.2, 0) is 0 Å². The molecule has 2 atom stereocenters. The molecule has 0 aromatic rings. The monoisotopic (exact) mass is 256 g/mol. The van der Waals surface area contributed by atoms with Gasteiger partial charge in [-0.2, -0.15) is 0 Å². The Morgan fingerprint density at radius 2 is 1.33 bits per heavy atom. The van der Waals surface area contributed by atoms with Crippen LogP contribution in [0.1, 0.15) is 20.3 Å². The molecule has 0 amide bonds. The van der Waals surface area contributed by atoms with Gasteiger partial charge in [0.05, 0.1) is 0 Å². The van der Waals surface area contributed by atoms with Gasteiger partial charge in [0.15, 0.2) is 0 Å². The van der Waals surface area contributed by atoms with E-state index in [4.69, 9.17) is 0 Å². The quantitative estimate of drug-likeness (QED) is 0.677. The van der Waals surface area contributed by atoms with Crippen LogP contribution in [0.5, 0.6) is 0 Å². The van der Waals surface area contributed by atoms with Crippen molar-refractivity contribution in [3.63, 3.8) is 0 Å². The summed E-state index contributed by atoms with van der Waals surface area (Å²) in [7, 11) is 0. The Bertz CT molecular complexity index is 55.9. The Balaban J connectivity index is 3.22. The highest BCUT2D eigenvalue weighted by molar-refractivity contribution is 9.09. The van der Waals surface area contributed by atoms with Gasteiger partial charge >= 0.3 is 0 Å². The van der Waals surface area contributed by atoms with Crippen LogP contribution in [0.2, 0.25) is 0 Å². The highest BCUT2D eigenvalue weighted by atomic mass is 79.9. The van der Waals surface area contributed by atoms with E-state index in [-0.39, 0.29) is 0 Å². The molecule has 0 heterocycles. The molecule has 0 radical (unpaired) electrons. The summed E-state index contributed by atoms with van der Waals surface area (Å²) >= 11 is 6.91. The molecule has 0 aliphatic carbocycles. The largest absolute Gasteiger partial charge is 0.0925 e. The Morgan fingerprint density at radius 3 is 1.56 bits per heavy atom. The first-order chi connectivity index (χ1) is 4.20. The predicted octanol–water partition coefficient (Wildman–Crippen LogP) is 3.44. The lowest BCUT2D eigenvalue weighted by atomic mass is 10.0. The minimum absolute atomic E-state index is 0.817. The normalized spacial score (nSPS) is 17.3. The molecule has 0 bridgehead atoms. The van der Waals surface area contributed by atoms with Crippen molar-refractivity contribution in [1.82, 2.24) is 0 Å². The summed E-state index contributed by atoms with van der Waals surface area (Å²) in [5.74, 6) is 1.63. The first-order valence-electron chi connectivity index (χ1n) is 3.32. The van der Waals surface area contributed by atoms with Crippen LogP contribution in [0.3, 0.4) is 0 Å². The fourth-order valence-electron chi connectivity index (χ4n) is 0.813. The fraction of sp³-hybridized carbons (Fsp3) is 1.00. The lowest BCUT2D eigenvalue weighted by molar-refractivity contribution is 0.484. The summed E-state index contributed by atoms with van der Waals surface area (Å²) < 4.78 is 0. The molecule has 0 saturated heterocycles. The first kappa shape index (κ1) is 9.96. The molecule has 0 aliphatic rings. The molecule has 0 N–H and O–H groups in total. The number of rotatable bonds is 4. The van der Waals surface area contributed by atoms with Crippen LogP contribution in [-0.4, -0.2) is 10.7 Å². The third-order valence-corrected chi connectivity index (χ3v) is 3.54. The summed E-state index contributed by atoms with van der Waals surface area (Å²) in [5.41, 5.74) is 0. The topological polar surface area (TPSA) is 0 Å².